The van der Waals surface area contributed by atoms with Gasteiger partial charge in [-0.25, -0.2) is 0 Å². The normalized spacial score (nSPS) is 29.5. The third-order valence-corrected chi connectivity index (χ3v) is 7.60. The van der Waals surface area contributed by atoms with Gasteiger partial charge < -0.3 is 0 Å². The molecule has 1 heteroatoms. The molecule has 0 amide bonds. The fourth-order valence-electron chi connectivity index (χ4n) is 5.35. The van der Waals surface area contributed by atoms with Gasteiger partial charge in [0.2, 0.25) is 0 Å². The molecule has 2 aliphatic carbocycles. The lowest BCUT2D eigenvalue weighted by molar-refractivity contribution is 0.119. The number of rotatable bonds is 2. The third-order valence-electron chi connectivity index (χ3n) is 6.54. The fraction of sp³-hybridized carbons (Fsp3) is 0.522. The van der Waals surface area contributed by atoms with Crippen molar-refractivity contribution in [2.45, 2.75) is 52.4 Å². The van der Waals surface area contributed by atoms with Crippen molar-refractivity contribution in [2.75, 3.05) is 0 Å². The van der Waals surface area contributed by atoms with Crippen LogP contribution in [-0.2, 0) is 6.42 Å². The van der Waals surface area contributed by atoms with Crippen LogP contribution in [-0.4, -0.2) is 0 Å². The number of hydrogen-bond donors (Lipinski definition) is 0. The average molecular weight is 336 g/mol. The summed E-state index contributed by atoms with van der Waals surface area (Å²) in [6, 6.07) is 13.8. The van der Waals surface area contributed by atoms with E-state index in [0.29, 0.717) is 0 Å². The quantitative estimate of drug-likeness (QED) is 0.540. The maximum atomic E-state index is 2.47. The summed E-state index contributed by atoms with van der Waals surface area (Å²) in [4.78, 5) is 0. The van der Waals surface area contributed by atoms with Gasteiger partial charge in [0, 0.05) is 0 Å². The molecule has 0 aliphatic heterocycles. The Hall–Kier alpha value is -1.13. The molecule has 0 saturated heterocycles. The SMILES string of the molecule is CC1CCC(C(C)C)C(C2Cc3pcccc3-c3ccccc32)C1. The Balaban J connectivity index is 1.78. The predicted octanol–water partition coefficient (Wildman–Crippen LogP) is 7.28. The Kier molecular flexibility index (Phi) is 4.52. The molecule has 0 N–H and O–H groups in total. The second-order valence-electron chi connectivity index (χ2n) is 8.39. The van der Waals surface area contributed by atoms with Gasteiger partial charge in [-0.15, -0.1) is 0 Å². The van der Waals surface area contributed by atoms with Crippen LogP contribution in [0.1, 0.15) is 56.8 Å². The molecule has 4 atom stereocenters. The Labute approximate surface area is 148 Å². The van der Waals surface area contributed by atoms with E-state index in [1.54, 1.807) is 10.9 Å². The maximum Gasteiger partial charge on any atom is -0.00805 e. The molecule has 0 radical (unpaired) electrons. The highest BCUT2D eigenvalue weighted by Crippen LogP contribution is 2.51. The van der Waals surface area contributed by atoms with Crippen molar-refractivity contribution >= 4 is 8.19 Å². The minimum Gasteiger partial charge on any atom is -0.0723 e. The van der Waals surface area contributed by atoms with E-state index in [0.717, 1.165) is 29.6 Å². The van der Waals surface area contributed by atoms with Gasteiger partial charge in [-0.1, -0.05) is 71.8 Å². The van der Waals surface area contributed by atoms with Crippen LogP contribution >= 0.6 is 8.19 Å². The Morgan fingerprint density at radius 3 is 2.62 bits per heavy atom. The van der Waals surface area contributed by atoms with E-state index in [2.05, 4.69) is 63.0 Å². The van der Waals surface area contributed by atoms with E-state index in [-0.39, 0.29) is 0 Å². The minimum atomic E-state index is 0.725. The molecule has 24 heavy (non-hydrogen) atoms. The predicted molar refractivity (Wildman–Crippen MR) is 106 cm³/mol. The summed E-state index contributed by atoms with van der Waals surface area (Å²) < 4.78 is 0. The van der Waals surface area contributed by atoms with Crippen LogP contribution in [0.25, 0.3) is 11.1 Å². The zero-order chi connectivity index (χ0) is 16.7. The lowest BCUT2D eigenvalue weighted by atomic mass is 9.61. The average Bonchev–Trinajstić information content (AvgIpc) is 2.60. The van der Waals surface area contributed by atoms with Crippen LogP contribution in [0.2, 0.25) is 0 Å². The monoisotopic (exact) mass is 336 g/mol. The van der Waals surface area contributed by atoms with E-state index in [1.165, 1.54) is 45.0 Å². The van der Waals surface area contributed by atoms with Gasteiger partial charge in [-0.2, -0.15) is 0 Å². The van der Waals surface area contributed by atoms with Gasteiger partial charge in [0.15, 0.2) is 0 Å². The number of benzene rings is 1. The van der Waals surface area contributed by atoms with Gasteiger partial charge in [-0.3, -0.25) is 0 Å². The molecule has 4 rings (SSSR count). The van der Waals surface area contributed by atoms with E-state index < -0.39 is 0 Å². The molecule has 1 aromatic heterocycles. The van der Waals surface area contributed by atoms with Crippen molar-refractivity contribution in [3.63, 3.8) is 0 Å². The zero-order valence-electron chi connectivity index (χ0n) is 15.2. The van der Waals surface area contributed by atoms with Crippen LogP contribution in [0, 0.1) is 23.7 Å². The number of fused-ring (bicyclic) bond motifs is 3. The van der Waals surface area contributed by atoms with Crippen molar-refractivity contribution < 1.29 is 0 Å². The largest absolute Gasteiger partial charge is 0.0723 e. The minimum absolute atomic E-state index is 0.725. The molecule has 0 spiro atoms. The van der Waals surface area contributed by atoms with Gasteiger partial charge in [0.25, 0.3) is 0 Å². The summed E-state index contributed by atoms with van der Waals surface area (Å²) in [6.45, 7) is 7.36. The summed E-state index contributed by atoms with van der Waals surface area (Å²) in [7, 11) is 1.42. The summed E-state index contributed by atoms with van der Waals surface area (Å²) in [6.07, 6.45) is 5.55. The highest BCUT2D eigenvalue weighted by molar-refractivity contribution is 7.30. The topological polar surface area (TPSA) is 0 Å². The molecule has 0 bridgehead atoms. The Morgan fingerprint density at radius 2 is 1.79 bits per heavy atom. The van der Waals surface area contributed by atoms with Crippen molar-refractivity contribution in [3.8, 4) is 11.1 Å². The van der Waals surface area contributed by atoms with Crippen LogP contribution in [0.3, 0.4) is 0 Å². The van der Waals surface area contributed by atoms with Gasteiger partial charge in [-0.05, 0) is 76.6 Å². The van der Waals surface area contributed by atoms with Crippen LogP contribution < -0.4 is 0 Å². The van der Waals surface area contributed by atoms with Crippen molar-refractivity contribution in [1.82, 2.24) is 0 Å². The van der Waals surface area contributed by atoms with Crippen molar-refractivity contribution in [1.29, 1.82) is 0 Å². The summed E-state index contributed by atoms with van der Waals surface area (Å²) in [5.74, 6) is 6.48. The molecule has 0 nitrogen and oxygen atoms in total. The van der Waals surface area contributed by atoms with Gasteiger partial charge >= 0.3 is 0 Å². The zero-order valence-corrected chi connectivity index (χ0v) is 16.1. The van der Waals surface area contributed by atoms with E-state index in [1.807, 2.05) is 0 Å². The molecular weight excluding hydrogens is 307 g/mol. The second-order valence-corrected chi connectivity index (χ2v) is 9.48. The number of hydrogen-bond acceptors (Lipinski definition) is 0. The Morgan fingerprint density at radius 1 is 1.00 bits per heavy atom. The highest BCUT2D eigenvalue weighted by Gasteiger charge is 2.39. The van der Waals surface area contributed by atoms with E-state index in [4.69, 9.17) is 0 Å². The third kappa shape index (κ3) is 2.84. The van der Waals surface area contributed by atoms with Crippen molar-refractivity contribution in [3.05, 3.63) is 53.1 Å². The van der Waals surface area contributed by atoms with Crippen LogP contribution in [0.5, 0.6) is 0 Å². The smallest absolute Gasteiger partial charge is 0.00805 e. The molecule has 126 valence electrons. The van der Waals surface area contributed by atoms with Crippen molar-refractivity contribution in [2.24, 2.45) is 23.7 Å². The fourth-order valence-corrected chi connectivity index (χ4v) is 6.34. The highest BCUT2D eigenvalue weighted by atomic mass is 31.0. The standard InChI is InChI=1S/C23H29P/c1-15(2)17-11-10-16(3)13-21(17)22-14-23-20(9-6-12-24-23)18-7-4-5-8-19(18)22/h4-9,12,15-17,21-22H,10-11,13-14H2,1-3H3. The first kappa shape index (κ1) is 16.3. The first-order valence-electron chi connectivity index (χ1n) is 9.68. The maximum absolute atomic E-state index is 2.47. The summed E-state index contributed by atoms with van der Waals surface area (Å²) in [5, 5.41) is 1.65. The molecule has 2 aromatic rings. The first-order valence-corrected chi connectivity index (χ1v) is 10.6. The lowest BCUT2D eigenvalue weighted by Gasteiger charge is -2.44. The van der Waals surface area contributed by atoms with Crippen LogP contribution in [0.4, 0.5) is 0 Å². The molecular formula is C23H29P. The second kappa shape index (κ2) is 6.64. The molecule has 4 unspecified atom stereocenters. The van der Waals surface area contributed by atoms with Crippen LogP contribution in [0.15, 0.2) is 42.2 Å². The van der Waals surface area contributed by atoms with Gasteiger partial charge in [0.05, 0.1) is 0 Å². The molecule has 1 fully saturated rings. The molecule has 2 aliphatic rings. The lowest BCUT2D eigenvalue weighted by Crippen LogP contribution is -2.34. The van der Waals surface area contributed by atoms with E-state index >= 15 is 0 Å². The summed E-state index contributed by atoms with van der Waals surface area (Å²) in [5.41, 5.74) is 4.65. The van der Waals surface area contributed by atoms with E-state index in [9.17, 15) is 0 Å². The van der Waals surface area contributed by atoms with Gasteiger partial charge in [0.1, 0.15) is 0 Å². The molecule has 1 heterocycles. The molecule has 1 aromatic carbocycles. The Bertz CT molecular complexity index is 717. The first-order chi connectivity index (χ1) is 11.6. The summed E-state index contributed by atoms with van der Waals surface area (Å²) >= 11 is 0. The molecule has 1 saturated carbocycles.